The summed E-state index contributed by atoms with van der Waals surface area (Å²) < 4.78 is 36.6. The average Bonchev–Trinajstić information content (AvgIpc) is 3.97. The number of rotatable bonds is 16. The number of carbonyl (C=O) groups excluding carboxylic acids is 4. The fraction of sp³-hybridized carbons (Fsp3) is 0.442. The second-order valence-corrected chi connectivity index (χ2v) is 18.6. The number of anilines is 2. The fourth-order valence-electron chi connectivity index (χ4n) is 7.32. The van der Waals surface area contributed by atoms with Crippen LogP contribution in [-0.4, -0.2) is 100 Å². The van der Waals surface area contributed by atoms with Crippen molar-refractivity contribution in [1.29, 1.82) is 0 Å². The number of aryl methyl sites for hydroxylation is 1. The van der Waals surface area contributed by atoms with E-state index < -0.39 is 41.0 Å². The summed E-state index contributed by atoms with van der Waals surface area (Å²) in [5.74, 6) is -0.988. The van der Waals surface area contributed by atoms with Gasteiger partial charge in [-0.05, 0) is 76.1 Å². The van der Waals surface area contributed by atoms with Gasteiger partial charge < -0.3 is 40.3 Å². The molecule has 14 nitrogen and oxygen atoms in total. The molecule has 4 atom stereocenters. The van der Waals surface area contributed by atoms with E-state index in [1.807, 2.05) is 52.0 Å². The summed E-state index contributed by atoms with van der Waals surface area (Å²) in [4.78, 5) is 66.9. The predicted octanol–water partition coefficient (Wildman–Crippen LogP) is 6.74. The molecule has 0 spiro atoms. The minimum absolute atomic E-state index is 0.0160. The van der Waals surface area contributed by atoms with Crippen LogP contribution in [0.4, 0.5) is 20.3 Å². The SMILES string of the molecule is Cc1ncsc1-c1ccc(CNC(=O)[C@@H]2C[C@@H](O)CN2C(=O)C(NC(=O)CCOC[C@H]2CCN(c3ncc(C(=O)Nc4ccc(OC(F)(F)Cl)cc4)cc3Br)C2)C(C)(C)C)cc1. The molecule has 4 heterocycles. The number of halogens is 4. The number of carbonyl (C=O) groups is 4. The van der Waals surface area contributed by atoms with Gasteiger partial charge in [0.25, 0.3) is 5.91 Å². The molecular formula is C43H49BrClF2N7O7S. The second-order valence-electron chi connectivity index (χ2n) is 16.4. The Balaban J connectivity index is 0.941. The zero-order chi connectivity index (χ0) is 44.8. The lowest BCUT2D eigenvalue weighted by Gasteiger charge is -2.35. The highest BCUT2D eigenvalue weighted by Crippen LogP contribution is 2.32. The second kappa shape index (κ2) is 20.2. The lowest BCUT2D eigenvalue weighted by atomic mass is 9.85. The number of thiazole rings is 1. The molecule has 0 bridgehead atoms. The van der Waals surface area contributed by atoms with Gasteiger partial charge in [-0.25, -0.2) is 9.97 Å². The Hall–Kier alpha value is -4.75. The van der Waals surface area contributed by atoms with Gasteiger partial charge in [0.2, 0.25) is 17.7 Å². The third kappa shape index (κ3) is 12.5. The Morgan fingerprint density at radius 3 is 2.44 bits per heavy atom. The molecule has 2 aromatic heterocycles. The van der Waals surface area contributed by atoms with Crippen LogP contribution in [0.15, 0.2) is 70.8 Å². The van der Waals surface area contributed by atoms with Gasteiger partial charge in [-0.1, -0.05) is 45.0 Å². The number of aliphatic hydroxyl groups is 1. The van der Waals surface area contributed by atoms with Crippen LogP contribution < -0.4 is 25.6 Å². The van der Waals surface area contributed by atoms with Crippen LogP contribution in [0.25, 0.3) is 10.4 Å². The molecule has 332 valence electrons. The number of hydrogen-bond donors (Lipinski definition) is 4. The number of β-amino-alcohol motifs (C(OH)–C–C–N with tert-alkyl or cyclic N) is 1. The quantitative estimate of drug-likeness (QED) is 0.0696. The molecule has 4 aromatic rings. The lowest BCUT2D eigenvalue weighted by molar-refractivity contribution is -0.144. The monoisotopic (exact) mass is 959 g/mol. The van der Waals surface area contributed by atoms with Crippen molar-refractivity contribution in [2.45, 2.75) is 77.3 Å². The maximum atomic E-state index is 14.0. The van der Waals surface area contributed by atoms with Crippen molar-refractivity contribution in [3.05, 3.63) is 87.6 Å². The van der Waals surface area contributed by atoms with Crippen molar-refractivity contribution in [3.63, 3.8) is 0 Å². The van der Waals surface area contributed by atoms with Crippen LogP contribution >= 0.6 is 38.9 Å². The third-order valence-corrected chi connectivity index (χ3v) is 12.2. The number of benzene rings is 2. The first-order valence-corrected chi connectivity index (χ1v) is 22.1. The Bertz CT molecular complexity index is 2220. The van der Waals surface area contributed by atoms with Crippen LogP contribution in [0.1, 0.15) is 61.6 Å². The Kier molecular flexibility index (Phi) is 15.2. The molecule has 2 fully saturated rings. The number of hydrogen-bond acceptors (Lipinski definition) is 11. The zero-order valence-corrected chi connectivity index (χ0v) is 37.8. The van der Waals surface area contributed by atoms with Gasteiger partial charge >= 0.3 is 5.57 Å². The first-order chi connectivity index (χ1) is 29.3. The largest absolute Gasteiger partial charge is 0.487 e. The molecule has 6 rings (SSSR count). The summed E-state index contributed by atoms with van der Waals surface area (Å²) in [6.07, 6.45) is 1.49. The van der Waals surface area contributed by atoms with Crippen LogP contribution in [0.3, 0.4) is 0 Å². The summed E-state index contributed by atoms with van der Waals surface area (Å²) in [5.41, 5.74) is 0.777. The molecule has 0 aliphatic carbocycles. The highest BCUT2D eigenvalue weighted by atomic mass is 79.9. The number of pyridine rings is 1. The number of likely N-dealkylation sites (tertiary alicyclic amines) is 1. The summed E-state index contributed by atoms with van der Waals surface area (Å²) in [7, 11) is 0. The zero-order valence-electron chi connectivity index (χ0n) is 34.6. The summed E-state index contributed by atoms with van der Waals surface area (Å²) in [5, 5.41) is 19.1. The molecule has 4 amide bonds. The van der Waals surface area contributed by atoms with Gasteiger partial charge in [-0.3, -0.25) is 19.2 Å². The number of aromatic nitrogens is 2. The molecule has 0 saturated carbocycles. The average molecular weight is 961 g/mol. The van der Waals surface area contributed by atoms with Crippen molar-refractivity contribution in [2.75, 3.05) is 43.1 Å². The number of nitrogens with zero attached hydrogens (tertiary/aromatic N) is 4. The van der Waals surface area contributed by atoms with Crippen LogP contribution in [0, 0.1) is 18.3 Å². The van der Waals surface area contributed by atoms with E-state index in [-0.39, 0.29) is 61.6 Å². The predicted molar refractivity (Wildman–Crippen MR) is 235 cm³/mol. The molecule has 62 heavy (non-hydrogen) atoms. The number of amides is 4. The van der Waals surface area contributed by atoms with Gasteiger partial charge in [0, 0.05) is 68.4 Å². The van der Waals surface area contributed by atoms with Crippen molar-refractivity contribution in [1.82, 2.24) is 25.5 Å². The van der Waals surface area contributed by atoms with E-state index in [4.69, 9.17) is 16.3 Å². The number of alkyl halides is 3. The van der Waals surface area contributed by atoms with Gasteiger partial charge in [0.15, 0.2) is 0 Å². The van der Waals surface area contributed by atoms with E-state index >= 15 is 0 Å². The highest BCUT2D eigenvalue weighted by Gasteiger charge is 2.44. The fourth-order valence-corrected chi connectivity index (χ4v) is 8.82. The maximum absolute atomic E-state index is 14.0. The number of ether oxygens (including phenoxy) is 2. The van der Waals surface area contributed by atoms with E-state index in [0.717, 1.165) is 28.1 Å². The third-order valence-electron chi connectivity index (χ3n) is 10.6. The number of aliphatic hydroxyl groups excluding tert-OH is 1. The Morgan fingerprint density at radius 1 is 1.06 bits per heavy atom. The maximum Gasteiger partial charge on any atom is 0.487 e. The van der Waals surface area contributed by atoms with Gasteiger partial charge in [0.05, 0.1) is 45.4 Å². The van der Waals surface area contributed by atoms with Crippen LogP contribution in [-0.2, 0) is 25.7 Å². The van der Waals surface area contributed by atoms with Gasteiger partial charge in [-0.15, -0.1) is 20.1 Å². The summed E-state index contributed by atoms with van der Waals surface area (Å²) in [6, 6.07) is 13.0. The van der Waals surface area contributed by atoms with Gasteiger partial charge in [0.1, 0.15) is 23.7 Å². The van der Waals surface area contributed by atoms with Crippen molar-refractivity contribution in [2.24, 2.45) is 11.3 Å². The summed E-state index contributed by atoms with van der Waals surface area (Å²) in [6.45, 7) is 9.55. The minimum Gasteiger partial charge on any atom is -0.420 e. The first-order valence-electron chi connectivity index (χ1n) is 20.0. The molecule has 1 unspecified atom stereocenters. The molecule has 2 aliphatic heterocycles. The topological polar surface area (TPSA) is 175 Å². The molecule has 2 saturated heterocycles. The Morgan fingerprint density at radius 2 is 1.79 bits per heavy atom. The van der Waals surface area contributed by atoms with Crippen molar-refractivity contribution < 1.29 is 42.5 Å². The van der Waals surface area contributed by atoms with E-state index in [9.17, 15) is 33.1 Å². The normalized spacial score (nSPS) is 18.4. The van der Waals surface area contributed by atoms with Crippen LogP contribution in [0.2, 0.25) is 0 Å². The molecule has 2 aromatic carbocycles. The molecule has 0 radical (unpaired) electrons. The molecule has 2 aliphatic rings. The van der Waals surface area contributed by atoms with Gasteiger partial charge in [-0.2, -0.15) is 0 Å². The first kappa shape index (κ1) is 46.7. The van der Waals surface area contributed by atoms with E-state index in [1.165, 1.54) is 35.4 Å². The molecular weight excluding hydrogens is 912 g/mol. The van der Waals surface area contributed by atoms with E-state index in [1.54, 1.807) is 22.9 Å². The van der Waals surface area contributed by atoms with Crippen LogP contribution in [0.5, 0.6) is 5.75 Å². The lowest BCUT2D eigenvalue weighted by Crippen LogP contribution is -2.57. The van der Waals surface area contributed by atoms with Crippen molar-refractivity contribution >= 4 is 74.0 Å². The van der Waals surface area contributed by atoms with E-state index in [0.29, 0.717) is 35.7 Å². The number of nitrogens with one attached hydrogen (secondary N) is 3. The van der Waals surface area contributed by atoms with Crippen molar-refractivity contribution in [3.8, 4) is 16.2 Å². The van der Waals surface area contributed by atoms with E-state index in [2.05, 4.69) is 51.5 Å². The minimum atomic E-state index is -3.85. The highest BCUT2D eigenvalue weighted by molar-refractivity contribution is 9.10. The molecule has 19 heteroatoms. The Labute approximate surface area is 375 Å². The standard InChI is InChI=1S/C43H49BrClF2N7O7S/c1-25-36(62-24-50-25)28-7-5-26(6-8-28)19-49-40(58)34-18-31(55)22-54(34)41(59)37(42(2,3)4)52-35(56)14-16-60-23-27-13-15-53(21-27)38-33(44)17-29(20-48-38)39(57)51-30-9-11-32(12-10-30)61-43(45,46)47/h5-12,17,20,24,27,31,34,37,55H,13-16,18-19,21-23H2,1-4H3,(H,49,58)(H,51,57)(H,52,56)/t27-,31+,34-,37?/m0/s1. The molecule has 4 N–H and O–H groups in total. The summed E-state index contributed by atoms with van der Waals surface area (Å²) >= 11 is 9.89. The smallest absolute Gasteiger partial charge is 0.420 e.